The van der Waals surface area contributed by atoms with Crippen molar-refractivity contribution in [3.63, 3.8) is 0 Å². The molecule has 1 saturated heterocycles. The van der Waals surface area contributed by atoms with E-state index >= 15 is 0 Å². The highest BCUT2D eigenvalue weighted by molar-refractivity contribution is 6.18. The lowest BCUT2D eigenvalue weighted by Crippen LogP contribution is -2.41. The molecule has 100 valence electrons. The van der Waals surface area contributed by atoms with Gasteiger partial charge in [-0.1, -0.05) is 0 Å². The number of hydrogen-bond acceptors (Lipinski definition) is 4. The molecular formula is C13H20ClN3O. The Hall–Kier alpha value is -1.03. The van der Waals surface area contributed by atoms with Crippen molar-refractivity contribution in [1.29, 1.82) is 0 Å². The molecule has 0 bridgehead atoms. The molecule has 0 N–H and O–H groups in total. The molecule has 0 aliphatic carbocycles. The highest BCUT2D eigenvalue weighted by atomic mass is 35.5. The Morgan fingerprint density at radius 3 is 3.00 bits per heavy atom. The summed E-state index contributed by atoms with van der Waals surface area (Å²) in [5, 5.41) is 0. The van der Waals surface area contributed by atoms with Gasteiger partial charge in [0.25, 0.3) is 0 Å². The van der Waals surface area contributed by atoms with Gasteiger partial charge in [-0.05, 0) is 33.1 Å². The van der Waals surface area contributed by atoms with Gasteiger partial charge in [0.2, 0.25) is 5.88 Å². The van der Waals surface area contributed by atoms with E-state index in [1.807, 2.05) is 13.8 Å². The molecule has 5 heteroatoms. The van der Waals surface area contributed by atoms with E-state index in [0.717, 1.165) is 18.8 Å². The van der Waals surface area contributed by atoms with E-state index in [9.17, 15) is 0 Å². The molecule has 1 aliphatic heterocycles. The van der Waals surface area contributed by atoms with E-state index in [1.165, 1.54) is 12.8 Å². The lowest BCUT2D eigenvalue weighted by molar-refractivity contribution is 0.231. The fraction of sp³-hybridized carbons (Fsp3) is 0.692. The number of rotatable bonds is 4. The zero-order valence-corrected chi connectivity index (χ0v) is 11.7. The quantitative estimate of drug-likeness (QED) is 0.788. The van der Waals surface area contributed by atoms with Crippen molar-refractivity contribution in [2.24, 2.45) is 0 Å². The molecule has 0 aromatic carbocycles. The second-order valence-corrected chi connectivity index (χ2v) is 5.19. The van der Waals surface area contributed by atoms with Crippen LogP contribution in [0.1, 0.15) is 33.1 Å². The van der Waals surface area contributed by atoms with E-state index in [2.05, 4.69) is 14.9 Å². The minimum Gasteiger partial charge on any atom is -0.474 e. The summed E-state index contributed by atoms with van der Waals surface area (Å²) in [5.41, 5.74) is 0. The van der Waals surface area contributed by atoms with Crippen LogP contribution in [-0.4, -0.2) is 34.5 Å². The fourth-order valence-electron chi connectivity index (χ4n) is 2.24. The van der Waals surface area contributed by atoms with Crippen LogP contribution in [0.15, 0.2) is 12.4 Å². The summed E-state index contributed by atoms with van der Waals surface area (Å²) in [7, 11) is 0. The first-order chi connectivity index (χ1) is 8.70. The molecule has 1 atom stereocenters. The number of halogens is 1. The van der Waals surface area contributed by atoms with Crippen LogP contribution >= 0.6 is 11.6 Å². The highest BCUT2D eigenvalue weighted by Gasteiger charge is 2.23. The largest absolute Gasteiger partial charge is 0.474 e. The molecule has 1 aromatic heterocycles. The Morgan fingerprint density at radius 2 is 2.28 bits per heavy atom. The normalized spacial score (nSPS) is 20.2. The van der Waals surface area contributed by atoms with E-state index < -0.39 is 0 Å². The summed E-state index contributed by atoms with van der Waals surface area (Å²) in [5.74, 6) is 2.09. The predicted octanol–water partition coefficient (Wildman–Crippen LogP) is 2.86. The Kier molecular flexibility index (Phi) is 4.64. The maximum absolute atomic E-state index is 6.03. The van der Waals surface area contributed by atoms with Crippen LogP contribution in [0, 0.1) is 0 Å². The Morgan fingerprint density at radius 1 is 1.44 bits per heavy atom. The first-order valence-corrected chi connectivity index (χ1v) is 7.05. The zero-order chi connectivity index (χ0) is 13.0. The minimum atomic E-state index is 0.111. The standard InChI is InChI=1S/C13H20ClN3O/c1-10(2)18-13-9-15-8-12(16-13)17-6-4-3-5-11(17)7-14/h8-11H,3-7H2,1-2H3. The maximum Gasteiger partial charge on any atom is 0.234 e. The third kappa shape index (κ3) is 3.25. The van der Waals surface area contributed by atoms with Gasteiger partial charge in [-0.15, -0.1) is 11.6 Å². The Balaban J connectivity index is 2.15. The summed E-state index contributed by atoms with van der Waals surface area (Å²) in [6, 6.07) is 0.365. The monoisotopic (exact) mass is 269 g/mol. The van der Waals surface area contributed by atoms with Gasteiger partial charge in [-0.3, -0.25) is 4.98 Å². The highest BCUT2D eigenvalue weighted by Crippen LogP contribution is 2.24. The number of nitrogens with zero attached hydrogens (tertiary/aromatic N) is 3. The molecule has 4 nitrogen and oxygen atoms in total. The van der Waals surface area contributed by atoms with Crippen molar-refractivity contribution in [3.05, 3.63) is 12.4 Å². The Labute approximate surface area is 113 Å². The van der Waals surface area contributed by atoms with E-state index in [4.69, 9.17) is 16.3 Å². The summed E-state index contributed by atoms with van der Waals surface area (Å²) in [4.78, 5) is 11.0. The van der Waals surface area contributed by atoms with Gasteiger partial charge in [0.1, 0.15) is 0 Å². The van der Waals surface area contributed by atoms with Crippen LogP contribution < -0.4 is 9.64 Å². The summed E-state index contributed by atoms with van der Waals surface area (Å²) in [6.07, 6.45) is 7.11. The number of hydrogen-bond donors (Lipinski definition) is 0. The second kappa shape index (κ2) is 6.23. The minimum absolute atomic E-state index is 0.111. The maximum atomic E-state index is 6.03. The van der Waals surface area contributed by atoms with Crippen LogP contribution in [0.3, 0.4) is 0 Å². The molecule has 0 amide bonds. The van der Waals surface area contributed by atoms with Gasteiger partial charge in [-0.2, -0.15) is 4.98 Å². The molecule has 1 aromatic rings. The van der Waals surface area contributed by atoms with Gasteiger partial charge in [-0.25, -0.2) is 0 Å². The molecule has 18 heavy (non-hydrogen) atoms. The molecule has 1 unspecified atom stereocenters. The first-order valence-electron chi connectivity index (χ1n) is 6.52. The van der Waals surface area contributed by atoms with Gasteiger partial charge < -0.3 is 9.64 Å². The van der Waals surface area contributed by atoms with Gasteiger partial charge >= 0.3 is 0 Å². The molecule has 0 radical (unpaired) electrons. The number of ether oxygens (including phenoxy) is 1. The SMILES string of the molecule is CC(C)Oc1cncc(N2CCCCC2CCl)n1. The van der Waals surface area contributed by atoms with E-state index in [0.29, 0.717) is 17.8 Å². The van der Waals surface area contributed by atoms with Crippen LogP contribution in [0.4, 0.5) is 5.82 Å². The first kappa shape index (κ1) is 13.4. The van der Waals surface area contributed by atoms with Gasteiger partial charge in [0.15, 0.2) is 5.82 Å². The summed E-state index contributed by atoms with van der Waals surface area (Å²) < 4.78 is 5.58. The van der Waals surface area contributed by atoms with Crippen molar-refractivity contribution in [1.82, 2.24) is 9.97 Å². The zero-order valence-electron chi connectivity index (χ0n) is 11.0. The lowest BCUT2D eigenvalue weighted by atomic mass is 10.0. The van der Waals surface area contributed by atoms with Crippen LogP contribution in [0.25, 0.3) is 0 Å². The van der Waals surface area contributed by atoms with Crippen molar-refractivity contribution in [3.8, 4) is 5.88 Å². The molecule has 0 saturated carbocycles. The Bertz CT molecular complexity index is 386. The molecule has 2 rings (SSSR count). The van der Waals surface area contributed by atoms with Crippen LogP contribution in [0.2, 0.25) is 0 Å². The molecule has 0 spiro atoms. The van der Waals surface area contributed by atoms with Crippen molar-refractivity contribution < 1.29 is 4.74 Å². The van der Waals surface area contributed by atoms with Crippen LogP contribution in [-0.2, 0) is 0 Å². The second-order valence-electron chi connectivity index (χ2n) is 4.88. The topological polar surface area (TPSA) is 38.2 Å². The average Bonchev–Trinajstić information content (AvgIpc) is 2.38. The van der Waals surface area contributed by atoms with Crippen molar-refractivity contribution in [2.45, 2.75) is 45.3 Å². The van der Waals surface area contributed by atoms with Gasteiger partial charge in [0.05, 0.1) is 18.5 Å². The van der Waals surface area contributed by atoms with Crippen molar-refractivity contribution >= 4 is 17.4 Å². The average molecular weight is 270 g/mol. The van der Waals surface area contributed by atoms with Crippen LogP contribution in [0.5, 0.6) is 5.88 Å². The third-order valence-corrected chi connectivity index (χ3v) is 3.41. The number of piperidine rings is 1. The summed E-state index contributed by atoms with van der Waals surface area (Å²) in [6.45, 7) is 4.96. The lowest BCUT2D eigenvalue weighted by Gasteiger charge is -2.35. The predicted molar refractivity (Wildman–Crippen MR) is 73.5 cm³/mol. The third-order valence-electron chi connectivity index (χ3n) is 3.06. The molecule has 2 heterocycles. The molecular weight excluding hydrogens is 250 g/mol. The molecule has 1 aliphatic rings. The summed E-state index contributed by atoms with van der Waals surface area (Å²) >= 11 is 6.03. The van der Waals surface area contributed by atoms with Crippen molar-refractivity contribution in [2.75, 3.05) is 17.3 Å². The van der Waals surface area contributed by atoms with E-state index in [1.54, 1.807) is 12.4 Å². The van der Waals surface area contributed by atoms with E-state index in [-0.39, 0.29) is 6.10 Å². The number of aromatic nitrogens is 2. The number of anilines is 1. The molecule has 1 fully saturated rings. The smallest absolute Gasteiger partial charge is 0.234 e. The number of alkyl halides is 1. The fourth-order valence-corrected chi connectivity index (χ4v) is 2.56. The van der Waals surface area contributed by atoms with Gasteiger partial charge in [0, 0.05) is 18.5 Å².